The number of aliphatic hydroxyl groups is 1. The number of hydrogen-bond acceptors (Lipinski definition) is 19. The molecule has 22 nitrogen and oxygen atoms in total. The number of pyridine rings is 3. The number of nitrogens with zero attached hydrogens (tertiary/aromatic N) is 9. The van der Waals surface area contributed by atoms with Gasteiger partial charge in [-0.05, 0) is 136 Å². The maximum atomic E-state index is 14.8. The number of aryl methyl sites for hydroxylation is 1. The number of nitro benzene ring substituents is 1. The van der Waals surface area contributed by atoms with Crippen LogP contribution in [0.5, 0.6) is 11.6 Å². The second kappa shape index (κ2) is 23.3. The average molecular weight is 1180 g/mol. The Morgan fingerprint density at radius 2 is 1.71 bits per heavy atom. The van der Waals surface area contributed by atoms with Gasteiger partial charge in [0.15, 0.2) is 17.3 Å². The number of anilines is 5. The lowest BCUT2D eigenvalue weighted by Crippen LogP contribution is -2.59. The minimum atomic E-state index is -4.69. The molecule has 6 fully saturated rings. The number of nitro groups is 1. The molecular formula is C62H76N12O10S. The minimum Gasteiger partial charge on any atom is -0.493 e. The molecule has 4 saturated heterocycles. The Morgan fingerprint density at radius 1 is 0.906 bits per heavy atom. The number of fused-ring (bicyclic) bond motifs is 3. The van der Waals surface area contributed by atoms with E-state index in [0.29, 0.717) is 74.6 Å². The molecule has 5 aliphatic heterocycles. The number of sulfonamides is 1. The summed E-state index contributed by atoms with van der Waals surface area (Å²) < 4.78 is 54.7. The van der Waals surface area contributed by atoms with Crippen LogP contribution in [-0.2, 0) is 26.0 Å². The molecule has 0 unspecified atom stereocenters. The van der Waals surface area contributed by atoms with E-state index in [-0.39, 0.29) is 41.4 Å². The molecule has 2 aromatic carbocycles. The number of benzene rings is 2. The first-order valence-electron chi connectivity index (χ1n) is 30.1. The number of H-pyrrole nitrogens is 1. The van der Waals surface area contributed by atoms with Crippen molar-refractivity contribution in [3.8, 4) is 11.6 Å². The third kappa shape index (κ3) is 11.6. The molecule has 4 aromatic heterocycles. The molecule has 1 amide bonds. The number of piperazine rings is 1. The number of piperidine rings is 1. The molecule has 0 bridgehead atoms. The monoisotopic (exact) mass is 1180 g/mol. The van der Waals surface area contributed by atoms with E-state index in [1.807, 2.05) is 36.2 Å². The molecule has 9 heterocycles. The number of rotatable bonds is 15. The molecule has 2 aliphatic carbocycles. The number of nitrogens with one attached hydrogen (secondary N) is 3. The number of ether oxygens (including phenoxy) is 4. The van der Waals surface area contributed by atoms with E-state index in [1.54, 1.807) is 19.5 Å². The summed E-state index contributed by atoms with van der Waals surface area (Å²) in [6, 6.07) is 20.7. The van der Waals surface area contributed by atoms with Crippen LogP contribution in [0.3, 0.4) is 0 Å². The van der Waals surface area contributed by atoms with Crippen LogP contribution >= 0.6 is 0 Å². The van der Waals surface area contributed by atoms with Gasteiger partial charge in [0, 0.05) is 101 Å². The van der Waals surface area contributed by atoms with Gasteiger partial charge in [-0.15, -0.1) is 0 Å². The van der Waals surface area contributed by atoms with E-state index >= 15 is 0 Å². The van der Waals surface area contributed by atoms with Crippen LogP contribution in [0, 0.1) is 28.4 Å². The number of carbonyl (C=O) groups is 1. The van der Waals surface area contributed by atoms with Gasteiger partial charge in [-0.3, -0.25) is 24.7 Å². The summed E-state index contributed by atoms with van der Waals surface area (Å²) in [4.78, 5) is 55.9. The Bertz CT molecular complexity index is 3570. The zero-order valence-corrected chi connectivity index (χ0v) is 49.4. The van der Waals surface area contributed by atoms with Gasteiger partial charge in [0.25, 0.3) is 21.6 Å². The van der Waals surface area contributed by atoms with Gasteiger partial charge in [-0.25, -0.2) is 23.1 Å². The SMILES string of the molecule is COc1cc(CN2CCN(C3CC4(CCN(c5cnc(C(=O)NS(=O)(=O)c6ccc(NC[C@H]7CC[C@](C)(O)CC7)c([N+](=O)[O-])c6)c(N6c7cc8cc[nH]c8nc7O[C@H]7COCC[C@@H]76)c5)CC4)C3)[C@H](c3ccccc3C)C2)cnc1N1CCOCC1. The number of aromatic amines is 1. The molecule has 3 atom stereocenters. The summed E-state index contributed by atoms with van der Waals surface area (Å²) in [5, 5.41) is 26.8. The maximum Gasteiger partial charge on any atom is 0.293 e. The molecule has 85 heavy (non-hydrogen) atoms. The van der Waals surface area contributed by atoms with E-state index in [4.69, 9.17) is 33.9 Å². The summed E-state index contributed by atoms with van der Waals surface area (Å²) in [7, 11) is -2.96. The van der Waals surface area contributed by atoms with Crippen LogP contribution in [0.1, 0.15) is 97.9 Å². The van der Waals surface area contributed by atoms with Crippen LogP contribution in [0.15, 0.2) is 90.2 Å². The highest BCUT2D eigenvalue weighted by atomic mass is 32.2. The van der Waals surface area contributed by atoms with E-state index in [2.05, 4.69) is 71.9 Å². The molecular weight excluding hydrogens is 1100 g/mol. The minimum absolute atomic E-state index is 0.143. The zero-order valence-electron chi connectivity index (χ0n) is 48.6. The Labute approximate surface area is 495 Å². The van der Waals surface area contributed by atoms with Gasteiger partial charge >= 0.3 is 0 Å². The van der Waals surface area contributed by atoms with Crippen LogP contribution in [0.25, 0.3) is 11.0 Å². The first-order valence-corrected chi connectivity index (χ1v) is 31.6. The Balaban J connectivity index is 0.736. The van der Waals surface area contributed by atoms with Crippen molar-refractivity contribution in [2.24, 2.45) is 11.3 Å². The summed E-state index contributed by atoms with van der Waals surface area (Å²) in [5.41, 5.74) is 5.23. The summed E-state index contributed by atoms with van der Waals surface area (Å²) in [5.74, 6) is 1.18. The smallest absolute Gasteiger partial charge is 0.293 e. The molecule has 2 saturated carbocycles. The molecule has 23 heteroatoms. The number of methoxy groups -OCH3 is 1. The standard InChI is InChI=1S/C62H76N12O10S/c1-40-6-4-5-7-47(40)53-38-69(37-42-28-54(81-3)58(66-35-42)71-23-26-82-27-24-71)21-22-72(53)45-32-62(33-45)16-19-70(20-17-62)44-30-51(73-49-13-25-83-39-55(49)84-60-52(73)29-43-12-18-63-57(43)67-60)56(65-36-44)59(75)68-85(79,80)46-8-9-48(50(31-46)74(77)78)64-34-41-10-14-61(2,76)15-11-41/h4-9,12,18,28-31,35-36,41,45,49,53,55,64,76H,10-11,13-17,19-27,32-34,37-39H2,1-3H3,(H,63,67)(H,68,75)/t41-,49-,53-,55-,61-/m0/s1. The highest BCUT2D eigenvalue weighted by molar-refractivity contribution is 7.90. The first-order chi connectivity index (χ1) is 41.1. The van der Waals surface area contributed by atoms with Gasteiger partial charge < -0.3 is 49.1 Å². The van der Waals surface area contributed by atoms with Crippen molar-refractivity contribution in [2.45, 2.75) is 113 Å². The molecule has 13 rings (SSSR count). The fraction of sp³-hybridized carbons (Fsp3) is 0.516. The second-order valence-electron chi connectivity index (χ2n) is 24.8. The van der Waals surface area contributed by atoms with Crippen molar-refractivity contribution in [2.75, 3.05) is 106 Å². The van der Waals surface area contributed by atoms with Crippen LogP contribution in [0.2, 0.25) is 0 Å². The van der Waals surface area contributed by atoms with Crippen LogP contribution < -0.4 is 34.2 Å². The zero-order chi connectivity index (χ0) is 58.6. The van der Waals surface area contributed by atoms with Crippen molar-refractivity contribution in [1.82, 2.24) is 34.5 Å². The van der Waals surface area contributed by atoms with E-state index < -0.39 is 43.1 Å². The molecule has 1 spiro atoms. The third-order valence-corrected chi connectivity index (χ3v) is 20.6. The highest BCUT2D eigenvalue weighted by Gasteiger charge is 2.50. The normalized spacial score (nSPS) is 24.7. The van der Waals surface area contributed by atoms with Gasteiger partial charge in [0.2, 0.25) is 5.88 Å². The first kappa shape index (κ1) is 57.0. The van der Waals surface area contributed by atoms with Crippen molar-refractivity contribution in [3.63, 3.8) is 0 Å². The highest BCUT2D eigenvalue weighted by Crippen LogP contribution is 2.54. The van der Waals surface area contributed by atoms with Crippen molar-refractivity contribution < 1.29 is 42.2 Å². The third-order valence-electron chi connectivity index (χ3n) is 19.3. The number of amides is 1. The van der Waals surface area contributed by atoms with E-state index in [1.165, 1.54) is 23.3 Å². The predicted octanol–water partition coefficient (Wildman–Crippen LogP) is 7.88. The van der Waals surface area contributed by atoms with Gasteiger partial charge in [-0.2, -0.15) is 4.98 Å². The lowest BCUT2D eigenvalue weighted by molar-refractivity contribution is -0.384. The quantitative estimate of drug-likeness (QED) is 0.0564. The van der Waals surface area contributed by atoms with Gasteiger partial charge in [-0.1, -0.05) is 24.3 Å². The molecule has 0 radical (unpaired) electrons. The number of aromatic nitrogens is 4. The van der Waals surface area contributed by atoms with Gasteiger partial charge in [0.05, 0.1) is 66.0 Å². The number of morpholine rings is 1. The Hall–Kier alpha value is -7.15. The van der Waals surface area contributed by atoms with Gasteiger partial charge in [0.1, 0.15) is 23.1 Å². The van der Waals surface area contributed by atoms with Crippen LogP contribution in [-0.4, -0.2) is 164 Å². The molecule has 7 aliphatic rings. The fourth-order valence-electron chi connectivity index (χ4n) is 14.4. The number of carbonyl (C=O) groups excluding carboxylic acids is 1. The largest absolute Gasteiger partial charge is 0.493 e. The summed E-state index contributed by atoms with van der Waals surface area (Å²) in [6.45, 7) is 13.2. The average Bonchev–Trinajstić information content (AvgIpc) is 1.90. The second-order valence-corrected chi connectivity index (χ2v) is 26.5. The maximum absolute atomic E-state index is 14.8. The fourth-order valence-corrected chi connectivity index (χ4v) is 15.3. The summed E-state index contributed by atoms with van der Waals surface area (Å²) >= 11 is 0. The van der Waals surface area contributed by atoms with E-state index in [0.717, 1.165) is 125 Å². The lowest BCUT2D eigenvalue weighted by atomic mass is 9.59. The summed E-state index contributed by atoms with van der Waals surface area (Å²) in [6.07, 6.45) is 12.4. The van der Waals surface area contributed by atoms with Crippen LogP contribution in [0.4, 0.5) is 34.3 Å². The van der Waals surface area contributed by atoms with Crippen molar-refractivity contribution in [3.05, 3.63) is 118 Å². The van der Waals surface area contributed by atoms with E-state index in [9.17, 15) is 28.4 Å². The number of hydrogen-bond donors (Lipinski definition) is 4. The Kier molecular flexibility index (Phi) is 15.6. The van der Waals surface area contributed by atoms with Crippen molar-refractivity contribution in [1.29, 1.82) is 0 Å². The van der Waals surface area contributed by atoms with Crippen molar-refractivity contribution >= 4 is 61.2 Å². The topological polar surface area (TPSA) is 246 Å². The predicted molar refractivity (Wildman–Crippen MR) is 322 cm³/mol. The lowest BCUT2D eigenvalue weighted by Gasteiger charge is -2.58. The molecule has 450 valence electrons. The Morgan fingerprint density at radius 3 is 2.48 bits per heavy atom. The molecule has 6 aromatic rings. The molecule has 4 N–H and O–H groups in total.